The van der Waals surface area contributed by atoms with Gasteiger partial charge in [0, 0.05) is 18.1 Å². The van der Waals surface area contributed by atoms with Gasteiger partial charge in [0.25, 0.3) is 5.91 Å². The van der Waals surface area contributed by atoms with Crippen LogP contribution in [0, 0.1) is 0 Å². The Hall–Kier alpha value is -2.50. The summed E-state index contributed by atoms with van der Waals surface area (Å²) < 4.78 is 5.55. The number of carbonyl (C=O) groups excluding carboxylic acids is 1. The molecule has 1 saturated heterocycles. The summed E-state index contributed by atoms with van der Waals surface area (Å²) in [5.41, 5.74) is 1.31. The molecule has 25 heavy (non-hydrogen) atoms. The highest BCUT2D eigenvalue weighted by Crippen LogP contribution is 2.29. The van der Waals surface area contributed by atoms with E-state index in [0.717, 1.165) is 16.2 Å². The molecular formula is C20H20N2O3. The number of benzene rings is 2. The largest absolute Gasteiger partial charge is 0.394 e. The van der Waals surface area contributed by atoms with Crippen LogP contribution in [0.5, 0.6) is 0 Å². The normalized spacial score (nSPS) is 21.0. The third-order valence-corrected chi connectivity index (χ3v) is 4.81. The molecule has 128 valence electrons. The predicted molar refractivity (Wildman–Crippen MR) is 96.6 cm³/mol. The molecule has 0 aliphatic carbocycles. The zero-order valence-electron chi connectivity index (χ0n) is 14.1. The van der Waals surface area contributed by atoms with Crippen molar-refractivity contribution in [1.29, 1.82) is 0 Å². The van der Waals surface area contributed by atoms with Crippen LogP contribution in [0.1, 0.15) is 17.3 Å². The maximum absolute atomic E-state index is 13.3. The lowest BCUT2D eigenvalue weighted by Crippen LogP contribution is -2.52. The SMILES string of the molecule is CC1COC(CO)CN1C(=O)c1cc2ccccc2c2cccnc12. The molecule has 0 bridgehead atoms. The average molecular weight is 336 g/mol. The average Bonchev–Trinajstić information content (AvgIpc) is 2.67. The summed E-state index contributed by atoms with van der Waals surface area (Å²) in [6.45, 7) is 2.68. The molecule has 4 rings (SSSR count). The van der Waals surface area contributed by atoms with Gasteiger partial charge in [-0.05, 0) is 29.8 Å². The van der Waals surface area contributed by atoms with Crippen molar-refractivity contribution in [2.75, 3.05) is 19.8 Å². The number of morpholine rings is 1. The number of aliphatic hydroxyl groups excluding tert-OH is 1. The fourth-order valence-electron chi connectivity index (χ4n) is 3.46. The van der Waals surface area contributed by atoms with Crippen molar-refractivity contribution >= 4 is 27.6 Å². The molecule has 0 saturated carbocycles. The second kappa shape index (κ2) is 6.43. The van der Waals surface area contributed by atoms with Gasteiger partial charge in [-0.15, -0.1) is 0 Å². The van der Waals surface area contributed by atoms with Crippen LogP contribution in [0.25, 0.3) is 21.7 Å². The van der Waals surface area contributed by atoms with E-state index in [1.54, 1.807) is 11.1 Å². The van der Waals surface area contributed by atoms with Crippen LogP contribution < -0.4 is 0 Å². The van der Waals surface area contributed by atoms with Gasteiger partial charge in [0.15, 0.2) is 0 Å². The van der Waals surface area contributed by atoms with Crippen LogP contribution in [-0.4, -0.2) is 52.8 Å². The van der Waals surface area contributed by atoms with E-state index in [2.05, 4.69) is 4.98 Å². The van der Waals surface area contributed by atoms with E-state index in [1.165, 1.54) is 0 Å². The van der Waals surface area contributed by atoms with Crippen molar-refractivity contribution in [3.8, 4) is 0 Å². The molecule has 1 fully saturated rings. The maximum Gasteiger partial charge on any atom is 0.256 e. The summed E-state index contributed by atoms with van der Waals surface area (Å²) in [6.07, 6.45) is 1.38. The number of nitrogens with zero attached hydrogens (tertiary/aromatic N) is 2. The van der Waals surface area contributed by atoms with Crippen molar-refractivity contribution in [3.63, 3.8) is 0 Å². The first-order chi connectivity index (χ1) is 12.2. The van der Waals surface area contributed by atoms with E-state index in [-0.39, 0.29) is 24.7 Å². The fraction of sp³-hybridized carbons (Fsp3) is 0.300. The number of aromatic nitrogens is 1. The van der Waals surface area contributed by atoms with Crippen LogP contribution in [0.15, 0.2) is 48.7 Å². The Morgan fingerprint density at radius 2 is 2.08 bits per heavy atom. The second-order valence-electron chi connectivity index (χ2n) is 6.49. The number of rotatable bonds is 2. The summed E-state index contributed by atoms with van der Waals surface area (Å²) >= 11 is 0. The van der Waals surface area contributed by atoms with Gasteiger partial charge in [-0.2, -0.15) is 0 Å². The highest BCUT2D eigenvalue weighted by molar-refractivity contribution is 6.15. The summed E-state index contributed by atoms with van der Waals surface area (Å²) in [5.74, 6) is -0.0660. The lowest BCUT2D eigenvalue weighted by molar-refractivity contribution is -0.0666. The molecule has 3 aromatic rings. The Labute approximate surface area is 145 Å². The number of fused-ring (bicyclic) bond motifs is 3. The van der Waals surface area contributed by atoms with Crippen LogP contribution in [0.3, 0.4) is 0 Å². The first-order valence-corrected chi connectivity index (χ1v) is 8.49. The molecule has 1 amide bonds. The van der Waals surface area contributed by atoms with Crippen molar-refractivity contribution in [2.45, 2.75) is 19.1 Å². The third-order valence-electron chi connectivity index (χ3n) is 4.81. The van der Waals surface area contributed by atoms with Gasteiger partial charge in [0.1, 0.15) is 0 Å². The standard InChI is InChI=1S/C20H20N2O3/c1-13-12-25-15(11-23)10-22(13)20(24)18-9-14-5-2-3-6-16(14)17-7-4-8-21-19(17)18/h2-9,13,15,23H,10-12H2,1H3. The van der Waals surface area contributed by atoms with Crippen LogP contribution in [0.4, 0.5) is 0 Å². The number of pyridine rings is 1. The van der Waals surface area contributed by atoms with Gasteiger partial charge in [0.05, 0.1) is 36.4 Å². The summed E-state index contributed by atoms with van der Waals surface area (Å²) in [7, 11) is 0. The molecule has 1 aromatic heterocycles. The molecule has 5 heteroatoms. The minimum atomic E-state index is -0.333. The zero-order valence-corrected chi connectivity index (χ0v) is 14.1. The number of amides is 1. The number of carbonyl (C=O) groups is 1. The predicted octanol–water partition coefficient (Wildman–Crippen LogP) is 2.61. The van der Waals surface area contributed by atoms with Gasteiger partial charge >= 0.3 is 0 Å². The van der Waals surface area contributed by atoms with Gasteiger partial charge < -0.3 is 14.7 Å². The second-order valence-corrected chi connectivity index (χ2v) is 6.49. The van der Waals surface area contributed by atoms with E-state index < -0.39 is 0 Å². The first kappa shape index (κ1) is 16.0. The Kier molecular flexibility index (Phi) is 4.11. The first-order valence-electron chi connectivity index (χ1n) is 8.49. The molecule has 0 radical (unpaired) electrons. The summed E-state index contributed by atoms with van der Waals surface area (Å²) in [4.78, 5) is 19.5. The van der Waals surface area contributed by atoms with Crippen molar-refractivity contribution in [1.82, 2.24) is 9.88 Å². The topological polar surface area (TPSA) is 62.7 Å². The highest BCUT2D eigenvalue weighted by Gasteiger charge is 2.31. The fourth-order valence-corrected chi connectivity index (χ4v) is 3.46. The van der Waals surface area contributed by atoms with Gasteiger partial charge in [-0.25, -0.2) is 0 Å². The number of hydrogen-bond acceptors (Lipinski definition) is 4. The molecule has 2 unspecified atom stereocenters. The lowest BCUT2D eigenvalue weighted by atomic mass is 9.99. The van der Waals surface area contributed by atoms with E-state index >= 15 is 0 Å². The highest BCUT2D eigenvalue weighted by atomic mass is 16.5. The molecule has 2 atom stereocenters. The van der Waals surface area contributed by atoms with Crippen LogP contribution >= 0.6 is 0 Å². The molecule has 5 nitrogen and oxygen atoms in total. The smallest absolute Gasteiger partial charge is 0.256 e. The van der Waals surface area contributed by atoms with Gasteiger partial charge in [0.2, 0.25) is 0 Å². The number of hydrogen-bond donors (Lipinski definition) is 1. The Morgan fingerprint density at radius 3 is 2.92 bits per heavy atom. The Morgan fingerprint density at radius 1 is 1.28 bits per heavy atom. The molecular weight excluding hydrogens is 316 g/mol. The Balaban J connectivity index is 1.86. The van der Waals surface area contributed by atoms with E-state index in [1.807, 2.05) is 49.4 Å². The molecule has 2 heterocycles. The van der Waals surface area contributed by atoms with E-state index in [0.29, 0.717) is 24.2 Å². The Bertz CT molecular complexity index is 941. The van der Waals surface area contributed by atoms with Crippen molar-refractivity contribution in [2.24, 2.45) is 0 Å². The maximum atomic E-state index is 13.3. The van der Waals surface area contributed by atoms with Crippen LogP contribution in [0.2, 0.25) is 0 Å². The third kappa shape index (κ3) is 2.75. The van der Waals surface area contributed by atoms with E-state index in [4.69, 9.17) is 4.74 Å². The molecule has 1 N–H and O–H groups in total. The molecule has 0 spiro atoms. The minimum absolute atomic E-state index is 0.0412. The lowest BCUT2D eigenvalue weighted by Gasteiger charge is -2.37. The zero-order chi connectivity index (χ0) is 17.4. The minimum Gasteiger partial charge on any atom is -0.394 e. The quantitative estimate of drug-likeness (QED) is 0.731. The van der Waals surface area contributed by atoms with E-state index in [9.17, 15) is 9.90 Å². The monoisotopic (exact) mass is 336 g/mol. The molecule has 1 aliphatic rings. The van der Waals surface area contributed by atoms with Gasteiger partial charge in [-0.1, -0.05) is 30.3 Å². The molecule has 2 aromatic carbocycles. The van der Waals surface area contributed by atoms with Crippen LogP contribution in [-0.2, 0) is 4.74 Å². The van der Waals surface area contributed by atoms with Crippen molar-refractivity contribution < 1.29 is 14.6 Å². The molecule has 1 aliphatic heterocycles. The summed E-state index contributed by atoms with van der Waals surface area (Å²) in [6, 6.07) is 13.8. The number of aliphatic hydroxyl groups is 1. The number of ether oxygens (including phenoxy) is 1. The van der Waals surface area contributed by atoms with Gasteiger partial charge in [-0.3, -0.25) is 9.78 Å². The van der Waals surface area contributed by atoms with Crippen molar-refractivity contribution in [3.05, 3.63) is 54.2 Å². The summed E-state index contributed by atoms with van der Waals surface area (Å²) in [5, 5.41) is 12.5.